The molecule has 0 saturated heterocycles. The van der Waals surface area contributed by atoms with Gasteiger partial charge in [-0.3, -0.25) is 0 Å². The lowest BCUT2D eigenvalue weighted by Gasteiger charge is -2.07. The number of halogens is 2. The smallest absolute Gasteiger partial charge is 0.335 e. The van der Waals surface area contributed by atoms with E-state index >= 15 is 0 Å². The largest absolute Gasteiger partial charge is 0.478 e. The van der Waals surface area contributed by atoms with E-state index < -0.39 is 5.97 Å². The van der Waals surface area contributed by atoms with Gasteiger partial charge >= 0.3 is 5.97 Å². The highest BCUT2D eigenvalue weighted by atomic mass is 35.5. The van der Waals surface area contributed by atoms with Crippen molar-refractivity contribution in [2.75, 3.05) is 0 Å². The van der Waals surface area contributed by atoms with Gasteiger partial charge in [-0.05, 0) is 36.8 Å². The molecule has 1 aromatic carbocycles. The second kappa shape index (κ2) is 7.16. The van der Waals surface area contributed by atoms with E-state index in [4.69, 9.17) is 23.2 Å². The van der Waals surface area contributed by atoms with Crippen LogP contribution in [0, 0.1) is 0 Å². The third kappa shape index (κ3) is 4.37. The first-order valence-electron chi connectivity index (χ1n) is 6.36. The second-order valence-electron chi connectivity index (χ2n) is 4.42. The van der Waals surface area contributed by atoms with Crippen LogP contribution >= 0.6 is 35.0 Å². The van der Waals surface area contributed by atoms with Crippen molar-refractivity contribution >= 4 is 40.9 Å². The van der Waals surface area contributed by atoms with Crippen LogP contribution < -0.4 is 0 Å². The van der Waals surface area contributed by atoms with Crippen LogP contribution in [-0.4, -0.2) is 16.1 Å². The fraction of sp³-hybridized carbons (Fsp3) is 0.200. The fourth-order valence-corrected chi connectivity index (χ4v) is 3.05. The zero-order valence-electron chi connectivity index (χ0n) is 11.3. The highest BCUT2D eigenvalue weighted by Gasteiger charge is 2.10. The number of rotatable bonds is 5. The van der Waals surface area contributed by atoms with Gasteiger partial charge in [0.05, 0.1) is 15.6 Å². The molecule has 0 saturated carbocycles. The standard InChI is InChI=1S/C15H13Cl2NO2S/c1-2-3-10-6-9(15(19)20)7-14(18-10)21-11-4-5-12(16)13(17)8-11/h4-8H,2-3H2,1H3,(H,19,20). The Balaban J connectivity index is 2.33. The Morgan fingerprint density at radius 1 is 1.24 bits per heavy atom. The Bertz CT molecular complexity index is 677. The number of carbonyl (C=O) groups is 1. The van der Waals surface area contributed by atoms with Gasteiger partial charge in [0.15, 0.2) is 0 Å². The molecule has 0 atom stereocenters. The second-order valence-corrected chi connectivity index (χ2v) is 6.33. The zero-order chi connectivity index (χ0) is 15.4. The Kier molecular flexibility index (Phi) is 5.51. The molecule has 2 aromatic rings. The molecule has 0 aliphatic carbocycles. The van der Waals surface area contributed by atoms with Crippen molar-refractivity contribution in [2.45, 2.75) is 29.7 Å². The highest BCUT2D eigenvalue weighted by Crippen LogP contribution is 2.32. The van der Waals surface area contributed by atoms with E-state index in [1.807, 2.05) is 13.0 Å². The van der Waals surface area contributed by atoms with Crippen molar-refractivity contribution in [3.05, 3.63) is 51.6 Å². The van der Waals surface area contributed by atoms with Crippen LogP contribution in [0.5, 0.6) is 0 Å². The molecule has 0 bridgehead atoms. The minimum atomic E-state index is -0.953. The van der Waals surface area contributed by atoms with Gasteiger partial charge in [-0.1, -0.05) is 48.3 Å². The van der Waals surface area contributed by atoms with Gasteiger partial charge < -0.3 is 5.11 Å². The minimum Gasteiger partial charge on any atom is -0.478 e. The van der Waals surface area contributed by atoms with E-state index in [1.54, 1.807) is 24.3 Å². The van der Waals surface area contributed by atoms with Gasteiger partial charge in [0, 0.05) is 10.6 Å². The molecule has 0 unspecified atom stereocenters. The summed E-state index contributed by atoms with van der Waals surface area (Å²) in [7, 11) is 0. The molecular weight excluding hydrogens is 329 g/mol. The number of aryl methyl sites for hydroxylation is 1. The van der Waals surface area contributed by atoms with E-state index in [0.717, 1.165) is 23.4 Å². The summed E-state index contributed by atoms with van der Waals surface area (Å²) in [6.07, 6.45) is 1.66. The van der Waals surface area contributed by atoms with Gasteiger partial charge in [-0.15, -0.1) is 0 Å². The number of aromatic nitrogens is 1. The lowest BCUT2D eigenvalue weighted by Crippen LogP contribution is -2.01. The molecule has 110 valence electrons. The summed E-state index contributed by atoms with van der Waals surface area (Å²) in [4.78, 5) is 16.5. The summed E-state index contributed by atoms with van der Waals surface area (Å²) in [5.74, 6) is -0.953. The number of nitrogens with zero attached hydrogens (tertiary/aromatic N) is 1. The van der Waals surface area contributed by atoms with Gasteiger partial charge in [0.2, 0.25) is 0 Å². The van der Waals surface area contributed by atoms with Crippen LogP contribution in [0.2, 0.25) is 10.0 Å². The van der Waals surface area contributed by atoms with E-state index in [9.17, 15) is 9.90 Å². The summed E-state index contributed by atoms with van der Waals surface area (Å²) >= 11 is 13.2. The number of carboxylic acid groups (broad SMARTS) is 1. The molecule has 0 aliphatic heterocycles. The van der Waals surface area contributed by atoms with Crippen molar-refractivity contribution < 1.29 is 9.90 Å². The molecule has 0 aliphatic rings. The molecule has 0 amide bonds. The summed E-state index contributed by atoms with van der Waals surface area (Å²) in [5.41, 5.74) is 1.02. The SMILES string of the molecule is CCCc1cc(C(=O)O)cc(Sc2ccc(Cl)c(Cl)c2)n1. The first-order valence-corrected chi connectivity index (χ1v) is 7.94. The van der Waals surface area contributed by atoms with Crippen LogP contribution in [0.15, 0.2) is 40.3 Å². The van der Waals surface area contributed by atoms with Crippen molar-refractivity contribution in [3.8, 4) is 0 Å². The summed E-state index contributed by atoms with van der Waals surface area (Å²) in [6, 6.07) is 8.45. The third-order valence-electron chi connectivity index (χ3n) is 2.72. The third-order valence-corrected chi connectivity index (χ3v) is 4.37. The van der Waals surface area contributed by atoms with Crippen LogP contribution in [0.1, 0.15) is 29.4 Å². The predicted molar refractivity (Wildman–Crippen MR) is 85.8 cm³/mol. The zero-order valence-corrected chi connectivity index (χ0v) is 13.6. The maximum absolute atomic E-state index is 11.2. The van der Waals surface area contributed by atoms with E-state index in [2.05, 4.69) is 4.98 Å². The highest BCUT2D eigenvalue weighted by molar-refractivity contribution is 7.99. The molecule has 0 fully saturated rings. The van der Waals surface area contributed by atoms with Crippen LogP contribution in [-0.2, 0) is 6.42 Å². The van der Waals surface area contributed by atoms with Crippen LogP contribution in [0.25, 0.3) is 0 Å². The Morgan fingerprint density at radius 2 is 2.00 bits per heavy atom. The van der Waals surface area contributed by atoms with Gasteiger partial charge in [-0.25, -0.2) is 9.78 Å². The molecular formula is C15H13Cl2NO2S. The van der Waals surface area contributed by atoms with Crippen LogP contribution in [0.3, 0.4) is 0 Å². The number of carboxylic acids is 1. The fourth-order valence-electron chi connectivity index (χ4n) is 1.78. The number of aromatic carboxylic acids is 1. The predicted octanol–water partition coefficient (Wildman–Crippen LogP) is 5.19. The van der Waals surface area contributed by atoms with Crippen molar-refractivity contribution in [1.29, 1.82) is 0 Å². The molecule has 21 heavy (non-hydrogen) atoms. The summed E-state index contributed by atoms with van der Waals surface area (Å²) in [6.45, 7) is 2.03. The molecule has 0 radical (unpaired) electrons. The minimum absolute atomic E-state index is 0.246. The molecule has 6 heteroatoms. The molecule has 1 heterocycles. The van der Waals surface area contributed by atoms with Crippen molar-refractivity contribution in [2.24, 2.45) is 0 Å². The molecule has 2 rings (SSSR count). The number of hydrogen-bond acceptors (Lipinski definition) is 3. The van der Waals surface area contributed by atoms with Gasteiger partial charge in [-0.2, -0.15) is 0 Å². The maximum Gasteiger partial charge on any atom is 0.335 e. The molecule has 1 aromatic heterocycles. The van der Waals surface area contributed by atoms with Gasteiger partial charge in [0.1, 0.15) is 5.03 Å². The number of benzene rings is 1. The average molecular weight is 342 g/mol. The first-order chi connectivity index (χ1) is 9.99. The number of hydrogen-bond donors (Lipinski definition) is 1. The normalized spacial score (nSPS) is 10.6. The Hall–Kier alpha value is -1.23. The molecule has 1 N–H and O–H groups in total. The first kappa shape index (κ1) is 16.1. The van der Waals surface area contributed by atoms with Crippen LogP contribution in [0.4, 0.5) is 0 Å². The topological polar surface area (TPSA) is 50.2 Å². The summed E-state index contributed by atoms with van der Waals surface area (Å²) in [5, 5.41) is 10.8. The molecule has 0 spiro atoms. The average Bonchev–Trinajstić information content (AvgIpc) is 2.43. The quantitative estimate of drug-likeness (QED) is 0.812. The number of pyridine rings is 1. The Morgan fingerprint density at radius 3 is 2.62 bits per heavy atom. The Labute approximate surface area is 137 Å². The maximum atomic E-state index is 11.2. The van der Waals surface area contributed by atoms with Gasteiger partial charge in [0.25, 0.3) is 0 Å². The van der Waals surface area contributed by atoms with Crippen molar-refractivity contribution in [3.63, 3.8) is 0 Å². The monoisotopic (exact) mass is 341 g/mol. The van der Waals surface area contributed by atoms with Crippen molar-refractivity contribution in [1.82, 2.24) is 4.98 Å². The van der Waals surface area contributed by atoms with E-state index in [1.165, 1.54) is 11.8 Å². The van der Waals surface area contributed by atoms with E-state index in [0.29, 0.717) is 15.1 Å². The summed E-state index contributed by atoms with van der Waals surface area (Å²) < 4.78 is 0. The lowest BCUT2D eigenvalue weighted by atomic mass is 10.2. The molecule has 3 nitrogen and oxygen atoms in total. The van der Waals surface area contributed by atoms with E-state index in [-0.39, 0.29) is 5.56 Å². The lowest BCUT2D eigenvalue weighted by molar-refractivity contribution is 0.0696.